The van der Waals surface area contributed by atoms with E-state index in [0.717, 1.165) is 5.75 Å². The van der Waals surface area contributed by atoms with Crippen molar-refractivity contribution in [3.05, 3.63) is 60.2 Å². The van der Waals surface area contributed by atoms with Gasteiger partial charge < -0.3 is 14.4 Å². The summed E-state index contributed by atoms with van der Waals surface area (Å²) in [5, 5.41) is 0. The van der Waals surface area contributed by atoms with Crippen molar-refractivity contribution in [1.82, 2.24) is 0 Å². The van der Waals surface area contributed by atoms with Gasteiger partial charge in [0.1, 0.15) is 11.5 Å². The van der Waals surface area contributed by atoms with E-state index < -0.39 is 11.9 Å². The molecule has 8 nitrogen and oxygen atoms in total. The van der Waals surface area contributed by atoms with E-state index in [1.165, 1.54) is 4.90 Å². The lowest BCUT2D eigenvalue weighted by Gasteiger charge is -2.22. The first-order chi connectivity index (χ1) is 17.8. The molecule has 0 aromatic heterocycles. The van der Waals surface area contributed by atoms with Crippen molar-refractivity contribution < 1.29 is 28.7 Å². The van der Waals surface area contributed by atoms with Crippen molar-refractivity contribution in [3.63, 3.8) is 0 Å². The molecular formula is C29H30N2O6. The maximum absolute atomic E-state index is 13.1. The SMILES string of the molecule is CCOc1ccc(N2C[C@H](C(=O)Oc3ccc(N4C(=O)[C@@H]5[C@H](C)C=CC[C@H]5C4=O)c(C)c3)CC2=O)cc1. The molecule has 2 aliphatic heterocycles. The maximum Gasteiger partial charge on any atom is 0.316 e. The number of amides is 3. The zero-order chi connectivity index (χ0) is 26.3. The topological polar surface area (TPSA) is 93.2 Å². The molecular weight excluding hydrogens is 472 g/mol. The molecule has 1 aliphatic carbocycles. The van der Waals surface area contributed by atoms with Gasteiger partial charge in [-0.05, 0) is 74.2 Å². The first-order valence-electron chi connectivity index (χ1n) is 12.7. The van der Waals surface area contributed by atoms with Gasteiger partial charge in [-0.3, -0.25) is 19.2 Å². The van der Waals surface area contributed by atoms with Crippen LogP contribution in [0.15, 0.2) is 54.6 Å². The normalized spacial score (nSPS) is 25.0. The molecule has 0 bridgehead atoms. The van der Waals surface area contributed by atoms with Crippen molar-refractivity contribution in [2.45, 2.75) is 33.6 Å². The van der Waals surface area contributed by atoms with Gasteiger partial charge in [0.2, 0.25) is 17.7 Å². The second kappa shape index (κ2) is 9.84. The molecule has 8 heteroatoms. The number of hydrogen-bond acceptors (Lipinski definition) is 6. The highest BCUT2D eigenvalue weighted by Gasteiger charge is 2.50. The summed E-state index contributed by atoms with van der Waals surface area (Å²) in [6.45, 7) is 6.43. The Hall–Kier alpha value is -3.94. The Bertz CT molecular complexity index is 1280. The molecule has 2 aromatic rings. The molecule has 2 heterocycles. The van der Waals surface area contributed by atoms with Crippen LogP contribution in [0.1, 0.15) is 32.3 Å². The highest BCUT2D eigenvalue weighted by Crippen LogP contribution is 2.41. The van der Waals surface area contributed by atoms with Gasteiger partial charge in [0.15, 0.2) is 0 Å². The largest absolute Gasteiger partial charge is 0.494 e. The van der Waals surface area contributed by atoms with Crippen molar-refractivity contribution in [1.29, 1.82) is 0 Å². The number of ether oxygens (including phenoxy) is 2. The summed E-state index contributed by atoms with van der Waals surface area (Å²) in [6.07, 6.45) is 4.60. The molecule has 5 rings (SSSR count). The van der Waals surface area contributed by atoms with Crippen LogP contribution < -0.4 is 19.3 Å². The number of anilines is 2. The van der Waals surface area contributed by atoms with Crippen LogP contribution in [0.3, 0.4) is 0 Å². The number of hydrogen-bond donors (Lipinski definition) is 0. The highest BCUT2D eigenvalue weighted by atomic mass is 16.5. The van der Waals surface area contributed by atoms with Crippen LogP contribution in [-0.4, -0.2) is 36.8 Å². The summed E-state index contributed by atoms with van der Waals surface area (Å²) >= 11 is 0. The lowest BCUT2D eigenvalue weighted by molar-refractivity contribution is -0.139. The van der Waals surface area contributed by atoms with Crippen LogP contribution in [0.5, 0.6) is 11.5 Å². The van der Waals surface area contributed by atoms with Gasteiger partial charge in [0.05, 0.1) is 30.0 Å². The minimum absolute atomic E-state index is 0.0111. The first-order valence-corrected chi connectivity index (χ1v) is 12.7. The van der Waals surface area contributed by atoms with Crippen LogP contribution >= 0.6 is 0 Å². The Morgan fingerprint density at radius 1 is 1.03 bits per heavy atom. The second-order valence-electron chi connectivity index (χ2n) is 9.87. The van der Waals surface area contributed by atoms with E-state index in [9.17, 15) is 19.2 Å². The van der Waals surface area contributed by atoms with Gasteiger partial charge in [-0.25, -0.2) is 4.90 Å². The lowest BCUT2D eigenvalue weighted by atomic mass is 9.78. The van der Waals surface area contributed by atoms with Gasteiger partial charge in [-0.1, -0.05) is 19.1 Å². The zero-order valence-corrected chi connectivity index (χ0v) is 21.2. The number of esters is 1. The molecule has 0 radical (unpaired) electrons. The summed E-state index contributed by atoms with van der Waals surface area (Å²) in [6, 6.07) is 12.1. The second-order valence-corrected chi connectivity index (χ2v) is 9.87. The van der Waals surface area contributed by atoms with Crippen molar-refractivity contribution in [2.75, 3.05) is 23.0 Å². The maximum atomic E-state index is 13.1. The van der Waals surface area contributed by atoms with E-state index in [2.05, 4.69) is 0 Å². The van der Waals surface area contributed by atoms with Crippen LogP contribution in [0.2, 0.25) is 0 Å². The van der Waals surface area contributed by atoms with E-state index in [0.29, 0.717) is 35.7 Å². The third-order valence-electron chi connectivity index (χ3n) is 7.42. The number of imide groups is 1. The average Bonchev–Trinajstić information content (AvgIpc) is 3.38. The summed E-state index contributed by atoms with van der Waals surface area (Å²) in [5.41, 5.74) is 1.87. The third-order valence-corrected chi connectivity index (χ3v) is 7.42. The molecule has 0 saturated carbocycles. The molecule has 4 atom stereocenters. The minimum Gasteiger partial charge on any atom is -0.494 e. The van der Waals surface area contributed by atoms with Gasteiger partial charge in [-0.2, -0.15) is 0 Å². The van der Waals surface area contributed by atoms with Gasteiger partial charge >= 0.3 is 5.97 Å². The van der Waals surface area contributed by atoms with Crippen molar-refractivity contribution in [3.8, 4) is 11.5 Å². The van der Waals surface area contributed by atoms with E-state index >= 15 is 0 Å². The number of aryl methyl sites for hydroxylation is 1. The molecule has 2 fully saturated rings. The van der Waals surface area contributed by atoms with Crippen LogP contribution in [0.25, 0.3) is 0 Å². The number of benzene rings is 2. The number of fused-ring (bicyclic) bond motifs is 1. The van der Waals surface area contributed by atoms with Crippen LogP contribution in [-0.2, 0) is 19.2 Å². The fraction of sp³-hybridized carbons (Fsp3) is 0.379. The fourth-order valence-electron chi connectivity index (χ4n) is 5.53. The molecule has 37 heavy (non-hydrogen) atoms. The summed E-state index contributed by atoms with van der Waals surface area (Å²) in [5.74, 6) is -1.23. The molecule has 2 aromatic carbocycles. The molecule has 0 unspecified atom stereocenters. The molecule has 2 saturated heterocycles. The van der Waals surface area contributed by atoms with E-state index in [-0.39, 0.29) is 48.4 Å². The van der Waals surface area contributed by atoms with Gasteiger partial charge in [0, 0.05) is 18.7 Å². The number of nitrogens with zero attached hydrogens (tertiary/aromatic N) is 2. The Kier molecular flexibility index (Phi) is 6.58. The van der Waals surface area contributed by atoms with Crippen LogP contribution in [0, 0.1) is 30.6 Å². The molecule has 3 amide bonds. The van der Waals surface area contributed by atoms with Gasteiger partial charge in [0.25, 0.3) is 0 Å². The van der Waals surface area contributed by atoms with E-state index in [1.807, 2.05) is 26.0 Å². The summed E-state index contributed by atoms with van der Waals surface area (Å²) < 4.78 is 11.1. The quantitative estimate of drug-likeness (QED) is 0.256. The molecule has 0 N–H and O–H groups in total. The predicted molar refractivity (Wildman–Crippen MR) is 137 cm³/mol. The monoisotopic (exact) mass is 502 g/mol. The highest BCUT2D eigenvalue weighted by molar-refractivity contribution is 6.22. The molecule has 3 aliphatic rings. The minimum atomic E-state index is -0.599. The fourth-order valence-corrected chi connectivity index (χ4v) is 5.53. The smallest absolute Gasteiger partial charge is 0.316 e. The van der Waals surface area contributed by atoms with E-state index in [4.69, 9.17) is 9.47 Å². The number of allylic oxidation sites excluding steroid dienone is 2. The van der Waals surface area contributed by atoms with Gasteiger partial charge in [-0.15, -0.1) is 0 Å². The van der Waals surface area contributed by atoms with Crippen molar-refractivity contribution >= 4 is 35.1 Å². The third kappa shape index (κ3) is 4.52. The lowest BCUT2D eigenvalue weighted by Crippen LogP contribution is -2.32. The van der Waals surface area contributed by atoms with E-state index in [1.54, 1.807) is 54.3 Å². The Balaban J connectivity index is 1.26. The molecule has 0 spiro atoms. The first kappa shape index (κ1) is 24.7. The average molecular weight is 503 g/mol. The van der Waals surface area contributed by atoms with Crippen LogP contribution in [0.4, 0.5) is 11.4 Å². The zero-order valence-electron chi connectivity index (χ0n) is 21.2. The predicted octanol–water partition coefficient (Wildman–Crippen LogP) is 4.05. The standard InChI is InChI=1S/C29H30N2O6/c1-4-36-21-10-8-20(9-11-21)30-16-19(15-25(30)32)29(35)37-22-12-13-24(18(3)14-22)31-27(33)23-7-5-6-17(2)26(23)28(31)34/h5-6,8-14,17,19,23,26H,4,7,15-16H2,1-3H3/t17-,19-,23-,26-/m1/s1. The summed E-state index contributed by atoms with van der Waals surface area (Å²) in [4.78, 5) is 54.5. The number of rotatable bonds is 6. The Morgan fingerprint density at radius 2 is 1.76 bits per heavy atom. The number of carbonyl (C=O) groups is 4. The summed E-state index contributed by atoms with van der Waals surface area (Å²) in [7, 11) is 0. The Labute approximate surface area is 215 Å². The molecule has 192 valence electrons. The Morgan fingerprint density at radius 3 is 2.43 bits per heavy atom. The number of carbonyl (C=O) groups excluding carboxylic acids is 4. The van der Waals surface area contributed by atoms with Crippen molar-refractivity contribution in [2.24, 2.45) is 23.7 Å².